The Morgan fingerprint density at radius 1 is 1.19 bits per heavy atom. The maximum atomic E-state index is 6.35. The Hall–Kier alpha value is -0.480. The molecule has 0 aromatic heterocycles. The molecule has 0 saturated heterocycles. The summed E-state index contributed by atoms with van der Waals surface area (Å²) in [5.74, 6) is 0. The van der Waals surface area contributed by atoms with Gasteiger partial charge in [0.15, 0.2) is 0 Å². The lowest BCUT2D eigenvalue weighted by atomic mass is 9.99. The van der Waals surface area contributed by atoms with Crippen LogP contribution in [0.4, 0.5) is 0 Å². The third-order valence-corrected chi connectivity index (χ3v) is 5.00. The molecular weight excluding hydrogens is 366 g/mol. The summed E-state index contributed by atoms with van der Waals surface area (Å²) in [6.45, 7) is 3.07. The van der Waals surface area contributed by atoms with Crippen molar-refractivity contribution in [3.8, 4) is 0 Å². The minimum atomic E-state index is 0.282. The Labute approximate surface area is 144 Å². The van der Waals surface area contributed by atoms with Gasteiger partial charge in [0.2, 0.25) is 0 Å². The Balaban J connectivity index is 2.21. The molecule has 1 nitrogen and oxygen atoms in total. The minimum Gasteiger partial charge on any atom is -0.310 e. The van der Waals surface area contributed by atoms with Crippen molar-refractivity contribution in [1.29, 1.82) is 0 Å². The van der Waals surface area contributed by atoms with Crippen molar-refractivity contribution in [2.24, 2.45) is 0 Å². The number of halogens is 2. The van der Waals surface area contributed by atoms with Gasteiger partial charge in [-0.3, -0.25) is 0 Å². The largest absolute Gasteiger partial charge is 0.310 e. The number of hydrogen-bond acceptors (Lipinski definition) is 2. The third kappa shape index (κ3) is 4.75. The van der Waals surface area contributed by atoms with E-state index in [4.69, 9.17) is 11.6 Å². The molecule has 2 rings (SSSR count). The number of rotatable bonds is 6. The number of thioether (sulfide) groups is 1. The standard InChI is InChI=1S/C17H19BrClNS/c1-3-20-17(12-5-8-15(21-2)9-6-12)10-13-4-7-14(18)11-16(13)19/h4-9,11,17,20H,3,10H2,1-2H3. The van der Waals surface area contributed by atoms with Gasteiger partial charge < -0.3 is 5.32 Å². The Kier molecular flexibility index (Phi) is 6.62. The summed E-state index contributed by atoms with van der Waals surface area (Å²) in [7, 11) is 0. The highest BCUT2D eigenvalue weighted by atomic mass is 79.9. The van der Waals surface area contributed by atoms with E-state index in [9.17, 15) is 0 Å². The zero-order chi connectivity index (χ0) is 15.2. The number of likely N-dealkylation sites (N-methyl/N-ethyl adjacent to an activating group) is 1. The average molecular weight is 385 g/mol. The molecule has 1 unspecified atom stereocenters. The molecule has 0 amide bonds. The lowest BCUT2D eigenvalue weighted by Crippen LogP contribution is -2.23. The van der Waals surface area contributed by atoms with Crippen molar-refractivity contribution in [2.45, 2.75) is 24.3 Å². The van der Waals surface area contributed by atoms with E-state index in [1.54, 1.807) is 11.8 Å². The van der Waals surface area contributed by atoms with Crippen LogP contribution in [0.25, 0.3) is 0 Å². The summed E-state index contributed by atoms with van der Waals surface area (Å²) < 4.78 is 1.01. The molecule has 1 atom stereocenters. The maximum absolute atomic E-state index is 6.35. The first kappa shape index (κ1) is 16.9. The molecule has 0 aliphatic heterocycles. The van der Waals surface area contributed by atoms with Crippen LogP contribution in [0, 0.1) is 0 Å². The van der Waals surface area contributed by atoms with Gasteiger partial charge in [0.05, 0.1) is 0 Å². The summed E-state index contributed by atoms with van der Waals surface area (Å²) in [6.07, 6.45) is 2.98. The van der Waals surface area contributed by atoms with Crippen LogP contribution in [0.3, 0.4) is 0 Å². The van der Waals surface area contributed by atoms with Crippen LogP contribution in [0.5, 0.6) is 0 Å². The van der Waals surface area contributed by atoms with Crippen LogP contribution in [0.1, 0.15) is 24.1 Å². The number of hydrogen-bond donors (Lipinski definition) is 1. The van der Waals surface area contributed by atoms with E-state index in [-0.39, 0.29) is 6.04 Å². The molecule has 1 N–H and O–H groups in total. The zero-order valence-corrected chi connectivity index (χ0v) is 15.4. The van der Waals surface area contributed by atoms with E-state index in [1.165, 1.54) is 16.0 Å². The second-order valence-corrected chi connectivity index (χ2v) is 7.03. The van der Waals surface area contributed by atoms with Crippen LogP contribution in [-0.2, 0) is 6.42 Å². The SMILES string of the molecule is CCNC(Cc1ccc(Br)cc1Cl)c1ccc(SC)cc1. The fourth-order valence-corrected chi connectivity index (χ4v) is 3.46. The quantitative estimate of drug-likeness (QED) is 0.639. The van der Waals surface area contributed by atoms with Crippen LogP contribution >= 0.6 is 39.3 Å². The zero-order valence-electron chi connectivity index (χ0n) is 12.2. The van der Waals surface area contributed by atoms with E-state index in [2.05, 4.69) is 64.8 Å². The molecule has 0 aliphatic rings. The molecule has 0 heterocycles. The van der Waals surface area contributed by atoms with Crippen molar-refractivity contribution in [1.82, 2.24) is 5.32 Å². The summed E-state index contributed by atoms with van der Waals surface area (Å²) >= 11 is 11.6. The molecule has 0 fully saturated rings. The van der Waals surface area contributed by atoms with Gasteiger partial charge in [-0.15, -0.1) is 11.8 Å². The molecule has 0 saturated carbocycles. The van der Waals surface area contributed by atoms with Crippen molar-refractivity contribution < 1.29 is 0 Å². The molecule has 0 aliphatic carbocycles. The lowest BCUT2D eigenvalue weighted by molar-refractivity contribution is 0.549. The van der Waals surface area contributed by atoms with E-state index in [1.807, 2.05) is 12.1 Å². The van der Waals surface area contributed by atoms with Gasteiger partial charge in [0.1, 0.15) is 0 Å². The van der Waals surface area contributed by atoms with Gasteiger partial charge in [-0.05, 0) is 54.6 Å². The van der Waals surface area contributed by atoms with Gasteiger partial charge >= 0.3 is 0 Å². The first-order valence-corrected chi connectivity index (χ1v) is 9.35. The van der Waals surface area contributed by atoms with Crippen molar-refractivity contribution in [2.75, 3.05) is 12.8 Å². The second-order valence-electron chi connectivity index (χ2n) is 4.82. The molecule has 0 radical (unpaired) electrons. The highest BCUT2D eigenvalue weighted by Gasteiger charge is 2.13. The lowest BCUT2D eigenvalue weighted by Gasteiger charge is -2.19. The second kappa shape index (κ2) is 8.23. The van der Waals surface area contributed by atoms with Gasteiger partial charge in [0, 0.05) is 20.4 Å². The van der Waals surface area contributed by atoms with E-state index in [0.29, 0.717) is 0 Å². The van der Waals surface area contributed by atoms with Crippen molar-refractivity contribution >= 4 is 39.3 Å². The van der Waals surface area contributed by atoms with Gasteiger partial charge in [-0.25, -0.2) is 0 Å². The first-order chi connectivity index (χ1) is 10.1. The van der Waals surface area contributed by atoms with Gasteiger partial charge in [0.25, 0.3) is 0 Å². The summed E-state index contributed by atoms with van der Waals surface area (Å²) in [5, 5.41) is 4.36. The van der Waals surface area contributed by atoms with Crippen LogP contribution in [0.2, 0.25) is 5.02 Å². The maximum Gasteiger partial charge on any atom is 0.0449 e. The summed E-state index contributed by atoms with van der Waals surface area (Å²) in [6, 6.07) is 15.1. The average Bonchev–Trinajstić information content (AvgIpc) is 2.49. The molecule has 112 valence electrons. The Morgan fingerprint density at radius 2 is 1.90 bits per heavy atom. The predicted octanol–water partition coefficient (Wildman–Crippen LogP) is 5.72. The molecule has 0 bridgehead atoms. The molecule has 4 heteroatoms. The van der Waals surface area contributed by atoms with Crippen molar-refractivity contribution in [3.63, 3.8) is 0 Å². The van der Waals surface area contributed by atoms with Crippen LogP contribution < -0.4 is 5.32 Å². The molecule has 2 aromatic rings. The first-order valence-electron chi connectivity index (χ1n) is 6.95. The summed E-state index contributed by atoms with van der Waals surface area (Å²) in [4.78, 5) is 1.29. The molecule has 2 aromatic carbocycles. The number of benzene rings is 2. The normalized spacial score (nSPS) is 12.4. The predicted molar refractivity (Wildman–Crippen MR) is 97.5 cm³/mol. The molecule has 0 spiro atoms. The molecular formula is C17H19BrClNS. The van der Waals surface area contributed by atoms with Crippen molar-refractivity contribution in [3.05, 3.63) is 63.1 Å². The van der Waals surface area contributed by atoms with E-state index < -0.39 is 0 Å². The minimum absolute atomic E-state index is 0.282. The molecule has 21 heavy (non-hydrogen) atoms. The monoisotopic (exact) mass is 383 g/mol. The Morgan fingerprint density at radius 3 is 2.48 bits per heavy atom. The fourth-order valence-electron chi connectivity index (χ4n) is 2.30. The van der Waals surface area contributed by atoms with Crippen LogP contribution in [0.15, 0.2) is 51.8 Å². The van der Waals surface area contributed by atoms with Crippen LogP contribution in [-0.4, -0.2) is 12.8 Å². The number of nitrogens with one attached hydrogen (secondary N) is 1. The highest BCUT2D eigenvalue weighted by Crippen LogP contribution is 2.27. The smallest absolute Gasteiger partial charge is 0.0449 e. The van der Waals surface area contributed by atoms with Gasteiger partial charge in [-0.2, -0.15) is 0 Å². The fraction of sp³-hybridized carbons (Fsp3) is 0.294. The third-order valence-electron chi connectivity index (χ3n) is 3.41. The Bertz CT molecular complexity index is 586. The van der Waals surface area contributed by atoms with Gasteiger partial charge in [-0.1, -0.05) is 52.7 Å². The highest BCUT2D eigenvalue weighted by molar-refractivity contribution is 9.10. The summed E-state index contributed by atoms with van der Waals surface area (Å²) in [5.41, 5.74) is 2.47. The topological polar surface area (TPSA) is 12.0 Å². The van der Waals surface area contributed by atoms with E-state index >= 15 is 0 Å². The van der Waals surface area contributed by atoms with E-state index in [0.717, 1.165) is 22.5 Å².